The number of aliphatic hydroxyl groups is 2. The SMILES string of the molecule is CCC(O)CC(O)(CC1CO1)C(CC1CO1)(CC1CO1)CC1CO1. The van der Waals surface area contributed by atoms with Gasteiger partial charge in [-0.05, 0) is 25.7 Å². The molecule has 0 aromatic rings. The van der Waals surface area contributed by atoms with E-state index >= 15 is 0 Å². The third kappa shape index (κ3) is 4.11. The summed E-state index contributed by atoms with van der Waals surface area (Å²) in [7, 11) is 0. The van der Waals surface area contributed by atoms with Gasteiger partial charge >= 0.3 is 0 Å². The molecule has 0 aromatic heterocycles. The van der Waals surface area contributed by atoms with Crippen LogP contribution in [0.25, 0.3) is 0 Å². The average Bonchev–Trinajstić information content (AvgIpc) is 3.32. The van der Waals surface area contributed by atoms with Crippen molar-refractivity contribution in [3.8, 4) is 0 Å². The molecule has 4 aliphatic rings. The molecule has 24 heavy (non-hydrogen) atoms. The van der Waals surface area contributed by atoms with E-state index in [4.69, 9.17) is 18.9 Å². The Balaban J connectivity index is 1.61. The lowest BCUT2D eigenvalue weighted by Gasteiger charge is -2.48. The van der Waals surface area contributed by atoms with E-state index in [0.29, 0.717) is 25.9 Å². The summed E-state index contributed by atoms with van der Waals surface area (Å²) in [6.45, 7) is 4.97. The molecule has 4 aliphatic heterocycles. The number of hydrogen-bond donors (Lipinski definition) is 2. The highest BCUT2D eigenvalue weighted by atomic mass is 16.6. The van der Waals surface area contributed by atoms with E-state index < -0.39 is 11.7 Å². The Bertz CT molecular complexity index is 405. The lowest BCUT2D eigenvalue weighted by molar-refractivity contribution is -0.138. The molecule has 6 unspecified atom stereocenters. The number of hydrogen-bond acceptors (Lipinski definition) is 6. The van der Waals surface area contributed by atoms with Gasteiger partial charge in [0.1, 0.15) is 0 Å². The minimum atomic E-state index is -0.979. The topological polar surface area (TPSA) is 90.6 Å². The van der Waals surface area contributed by atoms with Crippen LogP contribution in [0.15, 0.2) is 0 Å². The van der Waals surface area contributed by atoms with Crippen molar-refractivity contribution in [1.82, 2.24) is 0 Å². The van der Waals surface area contributed by atoms with Gasteiger partial charge < -0.3 is 29.2 Å². The molecule has 0 aliphatic carbocycles. The normalized spacial score (nSPS) is 39.6. The van der Waals surface area contributed by atoms with Crippen LogP contribution in [0.5, 0.6) is 0 Å². The smallest absolute Gasteiger partial charge is 0.0837 e. The van der Waals surface area contributed by atoms with Crippen LogP contribution in [0.1, 0.15) is 45.4 Å². The van der Waals surface area contributed by atoms with Crippen LogP contribution in [0.2, 0.25) is 0 Å². The van der Waals surface area contributed by atoms with Crippen molar-refractivity contribution in [2.45, 2.75) is 81.6 Å². The van der Waals surface area contributed by atoms with Crippen molar-refractivity contribution in [3.63, 3.8) is 0 Å². The van der Waals surface area contributed by atoms with Gasteiger partial charge in [0, 0.05) is 18.3 Å². The quantitative estimate of drug-likeness (QED) is 0.515. The van der Waals surface area contributed by atoms with Crippen LogP contribution in [-0.4, -0.2) is 72.8 Å². The molecule has 2 N–H and O–H groups in total. The Morgan fingerprint density at radius 3 is 1.54 bits per heavy atom. The second-order valence-electron chi connectivity index (χ2n) is 8.22. The summed E-state index contributed by atoms with van der Waals surface area (Å²) in [5.74, 6) is 0. The zero-order valence-corrected chi connectivity index (χ0v) is 14.5. The Labute approximate surface area is 143 Å². The Morgan fingerprint density at radius 2 is 1.21 bits per heavy atom. The highest BCUT2D eigenvalue weighted by Gasteiger charge is 2.58. The first kappa shape index (κ1) is 17.2. The highest BCUT2D eigenvalue weighted by Crippen LogP contribution is 2.54. The van der Waals surface area contributed by atoms with Crippen LogP contribution in [-0.2, 0) is 18.9 Å². The van der Waals surface area contributed by atoms with Crippen LogP contribution in [0.3, 0.4) is 0 Å². The van der Waals surface area contributed by atoms with Crippen LogP contribution >= 0.6 is 0 Å². The standard InChI is InChI=1S/C18H30O6/c1-2-12(19)3-18(20,7-16-11-24-16)17(4-13-8-21-13,5-14-9-22-14)6-15-10-23-15/h12-16,19-20H,2-11H2,1H3. The number of epoxide rings is 4. The number of rotatable bonds is 12. The molecule has 4 rings (SSSR count). The van der Waals surface area contributed by atoms with Gasteiger partial charge in [0.15, 0.2) is 0 Å². The first-order valence-corrected chi connectivity index (χ1v) is 9.39. The molecule has 4 saturated heterocycles. The number of aliphatic hydroxyl groups excluding tert-OH is 1. The van der Waals surface area contributed by atoms with E-state index in [-0.39, 0.29) is 29.8 Å². The average molecular weight is 342 g/mol. The van der Waals surface area contributed by atoms with E-state index in [2.05, 4.69) is 0 Å². The van der Waals surface area contributed by atoms with Crippen LogP contribution in [0, 0.1) is 5.41 Å². The molecule has 0 bridgehead atoms. The fraction of sp³-hybridized carbons (Fsp3) is 1.00. The highest BCUT2D eigenvalue weighted by molar-refractivity contribution is 5.08. The summed E-state index contributed by atoms with van der Waals surface area (Å²) in [6, 6.07) is 0. The third-order valence-electron chi connectivity index (χ3n) is 6.06. The lowest BCUT2D eigenvalue weighted by Crippen LogP contribution is -2.53. The molecule has 0 radical (unpaired) electrons. The maximum atomic E-state index is 11.9. The monoisotopic (exact) mass is 342 g/mol. The Morgan fingerprint density at radius 1 is 0.833 bits per heavy atom. The van der Waals surface area contributed by atoms with Gasteiger partial charge in [0.25, 0.3) is 0 Å². The van der Waals surface area contributed by atoms with Gasteiger partial charge in [-0.25, -0.2) is 0 Å². The summed E-state index contributed by atoms with van der Waals surface area (Å²) in [5.41, 5.74) is -1.33. The van der Waals surface area contributed by atoms with E-state index in [1.54, 1.807) is 0 Å². The van der Waals surface area contributed by atoms with Gasteiger partial charge in [-0.2, -0.15) is 0 Å². The summed E-state index contributed by atoms with van der Waals surface area (Å²) >= 11 is 0. The minimum absolute atomic E-state index is 0.110. The van der Waals surface area contributed by atoms with Gasteiger partial charge in [-0.15, -0.1) is 0 Å². The maximum absolute atomic E-state index is 11.9. The summed E-state index contributed by atoms with van der Waals surface area (Å²) in [4.78, 5) is 0. The second-order valence-corrected chi connectivity index (χ2v) is 8.22. The molecule has 6 nitrogen and oxygen atoms in total. The maximum Gasteiger partial charge on any atom is 0.0837 e. The second kappa shape index (κ2) is 6.49. The fourth-order valence-corrected chi connectivity index (χ4v) is 4.30. The van der Waals surface area contributed by atoms with Crippen molar-refractivity contribution in [2.24, 2.45) is 5.41 Å². The first-order valence-electron chi connectivity index (χ1n) is 9.39. The molecule has 0 saturated carbocycles. The molecule has 138 valence electrons. The predicted octanol–water partition coefficient (Wildman–Crippen LogP) is 1.02. The fourth-order valence-electron chi connectivity index (χ4n) is 4.30. The van der Waals surface area contributed by atoms with E-state index in [1.165, 1.54) is 0 Å². The Hall–Kier alpha value is -0.240. The van der Waals surface area contributed by atoms with Gasteiger partial charge in [0.05, 0.1) is 62.5 Å². The van der Waals surface area contributed by atoms with E-state index in [1.807, 2.05) is 6.92 Å². The first-order chi connectivity index (χ1) is 11.5. The third-order valence-corrected chi connectivity index (χ3v) is 6.06. The molecule has 4 heterocycles. The molecular formula is C18H30O6. The van der Waals surface area contributed by atoms with Crippen molar-refractivity contribution in [1.29, 1.82) is 0 Å². The summed E-state index contributed by atoms with van der Waals surface area (Å²) in [5, 5.41) is 22.2. The molecular weight excluding hydrogens is 312 g/mol. The molecule has 0 spiro atoms. The molecule has 0 aromatic carbocycles. The van der Waals surface area contributed by atoms with Crippen LogP contribution < -0.4 is 0 Å². The van der Waals surface area contributed by atoms with Crippen molar-refractivity contribution in [3.05, 3.63) is 0 Å². The Kier molecular flexibility index (Phi) is 4.65. The summed E-state index contributed by atoms with van der Waals surface area (Å²) < 4.78 is 22.0. The molecule has 6 atom stereocenters. The molecule has 0 amide bonds. The zero-order chi connectivity index (χ0) is 16.8. The summed E-state index contributed by atoms with van der Waals surface area (Å²) in [6.07, 6.45) is 4.29. The van der Waals surface area contributed by atoms with E-state index in [0.717, 1.165) is 39.1 Å². The lowest BCUT2D eigenvalue weighted by atomic mass is 9.60. The van der Waals surface area contributed by atoms with Crippen molar-refractivity contribution >= 4 is 0 Å². The molecule has 6 heteroatoms. The van der Waals surface area contributed by atoms with E-state index in [9.17, 15) is 10.2 Å². The molecule has 4 fully saturated rings. The van der Waals surface area contributed by atoms with Crippen molar-refractivity contribution < 1.29 is 29.2 Å². The predicted molar refractivity (Wildman–Crippen MR) is 85.7 cm³/mol. The van der Waals surface area contributed by atoms with Crippen LogP contribution in [0.4, 0.5) is 0 Å². The van der Waals surface area contributed by atoms with Gasteiger partial charge in [-0.1, -0.05) is 6.92 Å². The van der Waals surface area contributed by atoms with Crippen molar-refractivity contribution in [2.75, 3.05) is 26.4 Å². The largest absolute Gasteiger partial charge is 0.393 e. The minimum Gasteiger partial charge on any atom is -0.393 e. The van der Waals surface area contributed by atoms with Gasteiger partial charge in [0.2, 0.25) is 0 Å². The van der Waals surface area contributed by atoms with Gasteiger partial charge in [-0.3, -0.25) is 0 Å². The number of ether oxygens (including phenoxy) is 4. The zero-order valence-electron chi connectivity index (χ0n) is 14.5.